The smallest absolute Gasteiger partial charge is 0.246 e. The van der Waals surface area contributed by atoms with E-state index in [0.717, 1.165) is 29.7 Å². The molecule has 3 aromatic rings. The molecular weight excluding hydrogens is 364 g/mol. The van der Waals surface area contributed by atoms with Crippen LogP contribution >= 0.6 is 0 Å². The van der Waals surface area contributed by atoms with E-state index in [2.05, 4.69) is 29.4 Å². The van der Waals surface area contributed by atoms with Gasteiger partial charge in [0.1, 0.15) is 11.6 Å². The molecule has 2 atom stereocenters. The minimum absolute atomic E-state index is 0.118. The van der Waals surface area contributed by atoms with Gasteiger partial charge in [-0.25, -0.2) is 10.4 Å². The predicted octanol–water partition coefficient (Wildman–Crippen LogP) is 4.33. The summed E-state index contributed by atoms with van der Waals surface area (Å²) in [6.07, 6.45) is 3.09. The number of aromatic nitrogens is 2. The molecule has 4 rings (SSSR count). The highest BCUT2D eigenvalue weighted by Gasteiger charge is 2.57. The van der Waals surface area contributed by atoms with Crippen molar-refractivity contribution < 1.29 is 9.90 Å². The molecule has 1 aliphatic carbocycles. The fourth-order valence-electron chi connectivity index (χ4n) is 4.40. The third-order valence-corrected chi connectivity index (χ3v) is 6.77. The number of hydrazone groups is 1. The molecule has 0 bridgehead atoms. The van der Waals surface area contributed by atoms with Crippen LogP contribution in [0.4, 0.5) is 0 Å². The van der Waals surface area contributed by atoms with Crippen molar-refractivity contribution in [3.63, 3.8) is 0 Å². The molecule has 1 aromatic heterocycles. The number of carbonyl (C=O) groups is 1. The molecule has 1 saturated carbocycles. The summed E-state index contributed by atoms with van der Waals surface area (Å²) in [7, 11) is 0. The van der Waals surface area contributed by atoms with Crippen LogP contribution in [0.1, 0.15) is 50.9 Å². The van der Waals surface area contributed by atoms with E-state index in [-0.39, 0.29) is 23.0 Å². The van der Waals surface area contributed by atoms with Gasteiger partial charge in [0.2, 0.25) is 5.91 Å². The zero-order valence-electron chi connectivity index (χ0n) is 16.9. The molecule has 1 amide bonds. The summed E-state index contributed by atoms with van der Waals surface area (Å²) in [6, 6.07) is 14.9. The molecule has 0 radical (unpaired) electrons. The third kappa shape index (κ3) is 3.18. The van der Waals surface area contributed by atoms with Crippen LogP contribution in [0.25, 0.3) is 11.0 Å². The number of aromatic hydroxyl groups is 1. The number of imidazole rings is 1. The van der Waals surface area contributed by atoms with Crippen molar-refractivity contribution >= 4 is 23.2 Å². The molecule has 2 unspecified atom stereocenters. The van der Waals surface area contributed by atoms with Gasteiger partial charge in [-0.05, 0) is 42.5 Å². The maximum Gasteiger partial charge on any atom is 0.246 e. The first-order chi connectivity index (χ1) is 13.8. The lowest BCUT2D eigenvalue weighted by molar-refractivity contribution is -0.135. The highest BCUT2D eigenvalue weighted by atomic mass is 16.3. The number of para-hydroxylation sites is 3. The fraction of sp³-hybridized carbons (Fsp3) is 0.348. The average Bonchev–Trinajstić information content (AvgIpc) is 3.22. The summed E-state index contributed by atoms with van der Waals surface area (Å²) in [4.78, 5) is 21.3. The second kappa shape index (κ2) is 7.03. The van der Waals surface area contributed by atoms with Gasteiger partial charge in [-0.1, -0.05) is 45.0 Å². The SMILES string of the molecule is CC1(C(=O)N/N=C\c2ccccc2O)CCC(c2nc3ccccc3[nH]2)C1(C)C. The van der Waals surface area contributed by atoms with Crippen LogP contribution in [0.2, 0.25) is 0 Å². The van der Waals surface area contributed by atoms with Crippen LogP contribution < -0.4 is 5.43 Å². The van der Waals surface area contributed by atoms with Crippen molar-refractivity contribution in [2.24, 2.45) is 15.9 Å². The van der Waals surface area contributed by atoms with E-state index in [0.29, 0.717) is 5.56 Å². The molecule has 0 spiro atoms. The second-order valence-electron chi connectivity index (χ2n) is 8.54. The van der Waals surface area contributed by atoms with E-state index in [1.54, 1.807) is 18.2 Å². The Morgan fingerprint density at radius 3 is 2.69 bits per heavy atom. The number of nitrogens with one attached hydrogen (secondary N) is 2. The first kappa shape index (κ1) is 19.2. The van der Waals surface area contributed by atoms with E-state index >= 15 is 0 Å². The Balaban J connectivity index is 1.54. The van der Waals surface area contributed by atoms with E-state index < -0.39 is 5.41 Å². The molecular formula is C23H26N4O2. The van der Waals surface area contributed by atoms with Gasteiger partial charge in [0.15, 0.2) is 0 Å². The summed E-state index contributed by atoms with van der Waals surface area (Å²) >= 11 is 0. The zero-order chi connectivity index (χ0) is 20.6. The van der Waals surface area contributed by atoms with E-state index in [1.165, 1.54) is 6.21 Å². The number of carbonyl (C=O) groups excluding carboxylic acids is 1. The minimum Gasteiger partial charge on any atom is -0.507 e. The molecule has 6 heteroatoms. The first-order valence-electron chi connectivity index (χ1n) is 9.89. The summed E-state index contributed by atoms with van der Waals surface area (Å²) in [6.45, 7) is 6.26. The molecule has 2 aromatic carbocycles. The molecule has 29 heavy (non-hydrogen) atoms. The van der Waals surface area contributed by atoms with Crippen molar-refractivity contribution in [3.8, 4) is 5.75 Å². The molecule has 1 aliphatic rings. The van der Waals surface area contributed by atoms with Crippen LogP contribution in [0.3, 0.4) is 0 Å². The van der Waals surface area contributed by atoms with Gasteiger partial charge in [-0.3, -0.25) is 4.79 Å². The van der Waals surface area contributed by atoms with Gasteiger partial charge in [0, 0.05) is 11.5 Å². The monoisotopic (exact) mass is 390 g/mol. The number of benzene rings is 2. The topological polar surface area (TPSA) is 90.4 Å². The number of phenolic OH excluding ortho intramolecular Hbond substituents is 1. The number of phenols is 1. The number of hydrogen-bond acceptors (Lipinski definition) is 4. The fourth-order valence-corrected chi connectivity index (χ4v) is 4.40. The van der Waals surface area contributed by atoms with E-state index in [4.69, 9.17) is 4.98 Å². The number of rotatable bonds is 4. The number of fused-ring (bicyclic) bond motifs is 1. The van der Waals surface area contributed by atoms with Crippen molar-refractivity contribution in [2.75, 3.05) is 0 Å². The highest BCUT2D eigenvalue weighted by Crippen LogP contribution is 2.59. The van der Waals surface area contributed by atoms with Crippen LogP contribution in [-0.4, -0.2) is 27.2 Å². The van der Waals surface area contributed by atoms with Crippen molar-refractivity contribution in [1.29, 1.82) is 0 Å². The molecule has 3 N–H and O–H groups in total. The molecule has 0 saturated heterocycles. The Bertz CT molecular complexity index is 1050. The average molecular weight is 390 g/mol. The summed E-state index contributed by atoms with van der Waals surface area (Å²) in [5.41, 5.74) is 4.31. The van der Waals surface area contributed by atoms with Gasteiger partial charge >= 0.3 is 0 Å². The van der Waals surface area contributed by atoms with Crippen LogP contribution in [0, 0.1) is 10.8 Å². The van der Waals surface area contributed by atoms with Crippen LogP contribution in [-0.2, 0) is 4.79 Å². The Kier molecular flexibility index (Phi) is 4.65. The molecule has 150 valence electrons. The highest BCUT2D eigenvalue weighted by molar-refractivity contribution is 5.87. The minimum atomic E-state index is -0.591. The van der Waals surface area contributed by atoms with Crippen molar-refractivity contribution in [2.45, 2.75) is 39.5 Å². The van der Waals surface area contributed by atoms with Crippen LogP contribution in [0.5, 0.6) is 5.75 Å². The van der Waals surface area contributed by atoms with Crippen molar-refractivity contribution in [3.05, 3.63) is 59.9 Å². The Morgan fingerprint density at radius 2 is 1.93 bits per heavy atom. The van der Waals surface area contributed by atoms with Gasteiger partial charge < -0.3 is 10.1 Å². The number of amides is 1. The lowest BCUT2D eigenvalue weighted by atomic mass is 9.65. The molecule has 1 fully saturated rings. The van der Waals surface area contributed by atoms with E-state index in [1.807, 2.05) is 37.3 Å². The van der Waals surface area contributed by atoms with Crippen LogP contribution in [0.15, 0.2) is 53.6 Å². The maximum absolute atomic E-state index is 13.1. The number of nitrogens with zero attached hydrogens (tertiary/aromatic N) is 2. The summed E-state index contributed by atoms with van der Waals surface area (Å²) in [5, 5.41) is 13.9. The molecule has 0 aliphatic heterocycles. The number of hydrogen-bond donors (Lipinski definition) is 3. The number of H-pyrrole nitrogens is 1. The quantitative estimate of drug-likeness (QED) is 0.457. The largest absolute Gasteiger partial charge is 0.507 e. The molecule has 6 nitrogen and oxygen atoms in total. The first-order valence-corrected chi connectivity index (χ1v) is 9.89. The maximum atomic E-state index is 13.1. The Hall–Kier alpha value is -3.15. The van der Waals surface area contributed by atoms with E-state index in [9.17, 15) is 9.90 Å². The van der Waals surface area contributed by atoms with Gasteiger partial charge in [0.25, 0.3) is 0 Å². The Morgan fingerprint density at radius 1 is 1.21 bits per heavy atom. The lowest BCUT2D eigenvalue weighted by Gasteiger charge is -2.39. The summed E-state index contributed by atoms with van der Waals surface area (Å²) in [5.74, 6) is 1.09. The number of aromatic amines is 1. The summed E-state index contributed by atoms with van der Waals surface area (Å²) < 4.78 is 0. The standard InChI is InChI=1S/C23H26N4O2/c1-22(2)16(20-25-17-9-5-6-10-18(17)26-20)12-13-23(22,3)21(29)27-24-14-15-8-4-7-11-19(15)28/h4-11,14,16,28H,12-13H2,1-3H3,(H,25,26)(H,27,29)/b24-14-. The normalized spacial score (nSPS) is 23.6. The predicted molar refractivity (Wildman–Crippen MR) is 114 cm³/mol. The molecule has 1 heterocycles. The van der Waals surface area contributed by atoms with Crippen molar-refractivity contribution in [1.82, 2.24) is 15.4 Å². The Labute approximate surface area is 170 Å². The zero-order valence-corrected chi connectivity index (χ0v) is 16.9. The van der Waals surface area contributed by atoms with Gasteiger partial charge in [-0.15, -0.1) is 0 Å². The second-order valence-corrected chi connectivity index (χ2v) is 8.54. The third-order valence-electron chi connectivity index (χ3n) is 6.77. The van der Waals surface area contributed by atoms with Gasteiger partial charge in [-0.2, -0.15) is 5.10 Å². The lowest BCUT2D eigenvalue weighted by Crippen LogP contribution is -2.45. The van der Waals surface area contributed by atoms with Gasteiger partial charge in [0.05, 0.1) is 22.7 Å².